The van der Waals surface area contributed by atoms with Gasteiger partial charge in [0, 0.05) is 87.5 Å². The molecule has 5 aliphatic rings. The number of fused-ring (bicyclic) bond motifs is 4. The number of hydrogen-bond acceptors (Lipinski definition) is 31. The molecule has 13 amide bonds. The maximum atomic E-state index is 14.5. The van der Waals surface area contributed by atoms with Gasteiger partial charge in [-0.15, -0.1) is 0 Å². The van der Waals surface area contributed by atoms with Gasteiger partial charge in [-0.05, 0) is 119 Å². The zero-order valence-corrected chi connectivity index (χ0v) is 81.3. The predicted octanol–water partition coefficient (Wildman–Crippen LogP) is 5.69. The van der Waals surface area contributed by atoms with Crippen LogP contribution in [0.15, 0.2) is 108 Å². The molecule has 0 unspecified atom stereocenters. The monoisotopic (exact) mass is 1960 g/mol. The SMILES string of the molecule is COCCOCCC(=O)N[C@@H](C(=O)N[C@H](C)C(=O)Nc1ccc(COC(=O)N2c3cc(OCCCCCOc4cc5c(cc4OC)C(=O)N4C=C(C)C[C@H]4[C@H](O)N5C(=O)OCc4ccc(NC(=O)[C@@H](C)NC(=O)[C@H](NC(=O)CCOCCOCCOCCOCCOCCOCCOCCOCCNC(=O)CCN5C(=O)C=CC5=O)C(C)C)cc4)c(OC)cc3C(=O)N3C=C(C)C[C@H]3[C@@H]2O)cc1)C(C)C. The number of benzene rings is 4. The summed E-state index contributed by atoms with van der Waals surface area (Å²) < 4.78 is 90.2. The van der Waals surface area contributed by atoms with Crippen LogP contribution in [0.25, 0.3) is 0 Å². The second-order valence-electron chi connectivity index (χ2n) is 34.1. The molecule has 0 radical (unpaired) electrons. The highest BCUT2D eigenvalue weighted by molar-refractivity contribution is 6.13. The third-order valence-corrected chi connectivity index (χ3v) is 22.6. The number of aliphatic hydroxyl groups is 2. The molecule has 0 saturated heterocycles. The molecule has 4 aromatic rings. The number of aliphatic hydroxyl groups excluding tert-OH is 2. The number of methoxy groups -OCH3 is 3. The summed E-state index contributed by atoms with van der Waals surface area (Å²) >= 11 is 0. The highest BCUT2D eigenvalue weighted by Crippen LogP contribution is 2.45. The van der Waals surface area contributed by atoms with E-state index in [1.54, 1.807) is 102 Å². The fourth-order valence-electron chi connectivity index (χ4n) is 15.0. The Hall–Kier alpha value is -12.3. The van der Waals surface area contributed by atoms with Crippen molar-refractivity contribution in [1.82, 2.24) is 41.3 Å². The number of carbonyl (C=O) groups excluding carboxylic acids is 13. The Balaban J connectivity index is 0.656. The van der Waals surface area contributed by atoms with Gasteiger partial charge < -0.3 is 133 Å². The molecular weight excluding hydrogens is 1830 g/mol. The van der Waals surface area contributed by atoms with Gasteiger partial charge in [-0.25, -0.2) is 19.4 Å². The Kier molecular flexibility index (Phi) is 46.2. The average molecular weight is 1960 g/mol. The molecule has 43 nitrogen and oxygen atoms in total. The molecule has 8 atom stereocenters. The van der Waals surface area contributed by atoms with E-state index in [1.165, 1.54) is 81.4 Å². The first-order chi connectivity index (χ1) is 67.4. The molecule has 0 spiro atoms. The summed E-state index contributed by atoms with van der Waals surface area (Å²) in [6.07, 6.45) is 2.33. The highest BCUT2D eigenvalue weighted by Gasteiger charge is 2.48. The first-order valence-electron chi connectivity index (χ1n) is 46.9. The minimum atomic E-state index is -1.60. The van der Waals surface area contributed by atoms with Gasteiger partial charge in [0.05, 0.1) is 188 Å². The zero-order chi connectivity index (χ0) is 101. The maximum Gasteiger partial charge on any atom is 0.416 e. The second kappa shape index (κ2) is 58.1. The van der Waals surface area contributed by atoms with Gasteiger partial charge in [-0.1, -0.05) is 63.1 Å². The van der Waals surface area contributed by atoms with Crippen molar-refractivity contribution >= 4 is 99.9 Å². The summed E-state index contributed by atoms with van der Waals surface area (Å²) in [5.41, 5.74) is 3.28. The third kappa shape index (κ3) is 34.3. The number of nitrogens with zero attached hydrogens (tertiary/aromatic N) is 5. The van der Waals surface area contributed by atoms with Crippen molar-refractivity contribution in [2.45, 2.75) is 169 Å². The van der Waals surface area contributed by atoms with Crippen LogP contribution in [-0.2, 0) is 113 Å². The molecule has 140 heavy (non-hydrogen) atoms. The lowest BCUT2D eigenvalue weighted by molar-refractivity contribution is -0.137. The number of amides is 13. The van der Waals surface area contributed by atoms with E-state index in [1.807, 2.05) is 0 Å². The molecule has 0 fully saturated rings. The summed E-state index contributed by atoms with van der Waals surface area (Å²) in [6, 6.07) is 12.8. The average Bonchev–Trinajstić information content (AvgIpc) is 1.60. The largest absolute Gasteiger partial charge is 0.493 e. The Labute approximate surface area is 813 Å². The summed E-state index contributed by atoms with van der Waals surface area (Å²) in [5, 5.41) is 43.2. The Bertz CT molecular complexity index is 4870. The van der Waals surface area contributed by atoms with Crippen LogP contribution in [0.1, 0.15) is 139 Å². The maximum absolute atomic E-state index is 14.5. The van der Waals surface area contributed by atoms with Crippen molar-refractivity contribution in [3.8, 4) is 23.0 Å². The van der Waals surface area contributed by atoms with Crippen molar-refractivity contribution in [3.05, 3.63) is 131 Å². The van der Waals surface area contributed by atoms with Crippen molar-refractivity contribution in [3.63, 3.8) is 0 Å². The van der Waals surface area contributed by atoms with Crippen molar-refractivity contribution in [2.75, 3.05) is 194 Å². The van der Waals surface area contributed by atoms with Crippen molar-refractivity contribution in [2.24, 2.45) is 11.8 Å². The number of anilines is 4. The van der Waals surface area contributed by atoms with Crippen molar-refractivity contribution in [1.29, 1.82) is 0 Å². The van der Waals surface area contributed by atoms with Crippen LogP contribution in [0.5, 0.6) is 23.0 Å². The van der Waals surface area contributed by atoms with Gasteiger partial charge in [-0.2, -0.15) is 0 Å². The smallest absolute Gasteiger partial charge is 0.416 e. The van der Waals surface area contributed by atoms with Gasteiger partial charge in [0.15, 0.2) is 35.5 Å². The number of ether oxygens (including phenoxy) is 16. The third-order valence-electron chi connectivity index (χ3n) is 22.6. The molecule has 768 valence electrons. The van der Waals surface area contributed by atoms with Crippen LogP contribution in [-0.4, -0.2) is 324 Å². The Morgan fingerprint density at radius 1 is 0.407 bits per heavy atom. The molecule has 5 aliphatic heterocycles. The fraction of sp³-hybridized carbons (Fsp3) is 0.557. The van der Waals surface area contributed by atoms with E-state index >= 15 is 0 Å². The summed E-state index contributed by atoms with van der Waals surface area (Å²) in [5.74, 6) is -5.23. The molecule has 0 aliphatic carbocycles. The van der Waals surface area contributed by atoms with Gasteiger partial charge in [0.2, 0.25) is 41.4 Å². The number of nitrogens with one attached hydrogen (secondary N) is 7. The molecule has 43 heteroatoms. The van der Waals surface area contributed by atoms with Gasteiger partial charge in [0.25, 0.3) is 23.6 Å². The van der Waals surface area contributed by atoms with E-state index in [0.717, 1.165) is 25.8 Å². The number of imide groups is 1. The number of unbranched alkanes of at least 4 members (excludes halogenated alkanes) is 2. The van der Waals surface area contributed by atoms with E-state index < -0.39 is 114 Å². The number of hydrogen-bond donors (Lipinski definition) is 9. The molecule has 0 aromatic heterocycles. The molecule has 4 aromatic carbocycles. The Morgan fingerprint density at radius 3 is 1.12 bits per heavy atom. The molecule has 9 N–H and O–H groups in total. The van der Waals surface area contributed by atoms with Crippen molar-refractivity contribution < 1.29 is 148 Å². The van der Waals surface area contributed by atoms with E-state index in [4.69, 9.17) is 75.8 Å². The lowest BCUT2D eigenvalue weighted by Gasteiger charge is -2.31. The topological polar surface area (TPSA) is 510 Å². The number of carbonyl (C=O) groups is 13. The van der Waals surface area contributed by atoms with Gasteiger partial charge in [-0.3, -0.25) is 57.6 Å². The number of rotatable bonds is 62. The minimum Gasteiger partial charge on any atom is -0.493 e. The second-order valence-corrected chi connectivity index (χ2v) is 34.1. The summed E-state index contributed by atoms with van der Waals surface area (Å²) in [7, 11) is 4.33. The molecule has 5 heterocycles. The predicted molar refractivity (Wildman–Crippen MR) is 506 cm³/mol. The molecular formula is C97H134N12O31. The van der Waals surface area contributed by atoms with Crippen LogP contribution in [0.4, 0.5) is 32.3 Å². The first-order valence-corrected chi connectivity index (χ1v) is 46.9. The van der Waals surface area contributed by atoms with Gasteiger partial charge in [0.1, 0.15) is 37.4 Å². The van der Waals surface area contributed by atoms with Crippen LogP contribution >= 0.6 is 0 Å². The van der Waals surface area contributed by atoms with Gasteiger partial charge >= 0.3 is 12.2 Å². The quantitative estimate of drug-likeness (QED) is 0.0189. The first kappa shape index (κ1) is 111. The highest BCUT2D eigenvalue weighted by atomic mass is 16.6. The van der Waals surface area contributed by atoms with Crippen LogP contribution in [0.2, 0.25) is 0 Å². The summed E-state index contributed by atoms with van der Waals surface area (Å²) in [6.45, 7) is 19.6. The van der Waals surface area contributed by atoms with E-state index in [-0.39, 0.29) is 174 Å². The zero-order valence-electron chi connectivity index (χ0n) is 81.3. The van der Waals surface area contributed by atoms with Crippen LogP contribution < -0.4 is 66.0 Å². The lowest BCUT2D eigenvalue weighted by atomic mass is 10.0. The molecule has 9 rings (SSSR count). The standard InChI is InChI=1S/C97H134N12O31/c1-61(2)86(103-82(111)26-32-128-36-35-125-9)90(117)99-65(7)88(115)101-69-19-15-67(16-20-69)59-139-96(123)108-73-55-79(77(126-10)53-71(73)92(119)106-57-63(5)51-75(106)94(108)121)137-30-13-12-14-31-138-80-56-74-72(54-78(80)127-11)93(120)107-58-64(6)52-76(107)95(122)109(74)97(124)140-60-68-17-21-70(22-18-68)102-89(116)66(8)100-91(118)87(62(3)4)104-83(112)27-33-129-37-39-131-41-43-133-45-47-135-49-50-136-48-46-134-44-42-132-40-38-130-34-28-98-81(110)25-29-105-84(113)23-24-85(105)114/h15-24,53-58,61-62,65-66,75-76,86-87,94-95,121-122H,12-14,25-52,59-60H2,1-11H3,(H,98,110)(H,99,117)(H,100,118)(H,101,115)(H,102,116)(H,103,111)(H,104,112)/t65-,66-,75+,76+,86-,87-,94+,95+/m1/s1. The minimum absolute atomic E-state index is 0.00438. The van der Waals surface area contributed by atoms with E-state index in [0.29, 0.717) is 134 Å². The fourth-order valence-corrected chi connectivity index (χ4v) is 15.0. The van der Waals surface area contributed by atoms with E-state index in [2.05, 4.69) is 37.2 Å². The summed E-state index contributed by atoms with van der Waals surface area (Å²) in [4.78, 5) is 178. The van der Waals surface area contributed by atoms with Crippen LogP contribution in [0, 0.1) is 11.8 Å². The molecule has 0 bridgehead atoms. The lowest BCUT2D eigenvalue weighted by Crippen LogP contribution is -2.53. The Morgan fingerprint density at radius 2 is 0.764 bits per heavy atom. The van der Waals surface area contributed by atoms with Crippen LogP contribution in [0.3, 0.4) is 0 Å². The normalized spacial score (nSPS) is 16.8. The molecule has 0 saturated carbocycles. The van der Waals surface area contributed by atoms with E-state index in [9.17, 15) is 72.5 Å².